The Hall–Kier alpha value is -0.910. The van der Waals surface area contributed by atoms with Gasteiger partial charge in [0.05, 0.1) is 18.4 Å². The zero-order valence-corrected chi connectivity index (χ0v) is 11.0. The van der Waals surface area contributed by atoms with E-state index in [-0.39, 0.29) is 6.10 Å². The van der Waals surface area contributed by atoms with Crippen molar-refractivity contribution in [1.82, 2.24) is 15.1 Å². The molecule has 0 saturated carbocycles. The average Bonchev–Trinajstić information content (AvgIpc) is 2.71. The summed E-state index contributed by atoms with van der Waals surface area (Å²) in [6.45, 7) is 8.19. The van der Waals surface area contributed by atoms with E-state index in [0.717, 1.165) is 18.8 Å². The van der Waals surface area contributed by atoms with E-state index >= 15 is 0 Å². The van der Waals surface area contributed by atoms with Crippen molar-refractivity contribution in [3.63, 3.8) is 0 Å². The summed E-state index contributed by atoms with van der Waals surface area (Å²) in [7, 11) is 1.94. The zero-order valence-electron chi connectivity index (χ0n) is 11.0. The van der Waals surface area contributed by atoms with Gasteiger partial charge in [-0.25, -0.2) is 0 Å². The highest BCUT2D eigenvalue weighted by Gasteiger charge is 2.32. The molecule has 1 unspecified atom stereocenters. The average molecular weight is 239 g/mol. The largest absolute Gasteiger partial charge is 0.348 e. The fourth-order valence-electron chi connectivity index (χ4n) is 2.05. The Kier molecular flexibility index (Phi) is 3.51. The van der Waals surface area contributed by atoms with Gasteiger partial charge in [0, 0.05) is 31.9 Å². The van der Waals surface area contributed by atoms with Gasteiger partial charge in [-0.3, -0.25) is 4.68 Å². The molecule has 2 rings (SSSR count). The van der Waals surface area contributed by atoms with Crippen LogP contribution in [0.25, 0.3) is 0 Å². The second kappa shape index (κ2) is 4.76. The Morgan fingerprint density at radius 3 is 2.88 bits per heavy atom. The number of ether oxygens (including phenoxy) is 2. The number of nitrogens with zero attached hydrogens (tertiary/aromatic N) is 2. The SMILES string of the molecule is Cc1nn(C)cc1CNCC1COC(C)(C)O1. The highest BCUT2D eigenvalue weighted by molar-refractivity contribution is 5.14. The molecule has 1 atom stereocenters. The third kappa shape index (κ3) is 3.28. The molecular formula is C12H21N3O2. The number of hydrogen-bond donors (Lipinski definition) is 1. The minimum atomic E-state index is -0.434. The van der Waals surface area contributed by atoms with Gasteiger partial charge in [-0.2, -0.15) is 5.10 Å². The molecule has 0 spiro atoms. The van der Waals surface area contributed by atoms with Gasteiger partial charge in [0.1, 0.15) is 0 Å². The minimum absolute atomic E-state index is 0.141. The molecule has 5 heteroatoms. The highest BCUT2D eigenvalue weighted by Crippen LogP contribution is 2.21. The van der Waals surface area contributed by atoms with Crippen LogP contribution in [-0.4, -0.2) is 34.8 Å². The van der Waals surface area contributed by atoms with Gasteiger partial charge in [0.2, 0.25) is 0 Å². The van der Waals surface area contributed by atoms with Crippen molar-refractivity contribution < 1.29 is 9.47 Å². The van der Waals surface area contributed by atoms with Gasteiger partial charge >= 0.3 is 0 Å². The zero-order chi connectivity index (χ0) is 12.5. The van der Waals surface area contributed by atoms with E-state index in [0.29, 0.717) is 6.61 Å². The summed E-state index contributed by atoms with van der Waals surface area (Å²) in [6.07, 6.45) is 2.18. The van der Waals surface area contributed by atoms with E-state index in [1.165, 1.54) is 5.56 Å². The molecule has 2 heterocycles. The Bertz CT molecular complexity index is 387. The van der Waals surface area contributed by atoms with Crippen LogP contribution in [0.1, 0.15) is 25.1 Å². The fourth-order valence-corrected chi connectivity index (χ4v) is 2.05. The predicted molar refractivity (Wildman–Crippen MR) is 64.6 cm³/mol. The molecular weight excluding hydrogens is 218 g/mol. The van der Waals surface area contributed by atoms with Crippen molar-refractivity contribution in [2.24, 2.45) is 7.05 Å². The number of hydrogen-bond acceptors (Lipinski definition) is 4. The monoisotopic (exact) mass is 239 g/mol. The van der Waals surface area contributed by atoms with E-state index in [2.05, 4.69) is 10.4 Å². The molecule has 96 valence electrons. The lowest BCUT2D eigenvalue weighted by Gasteiger charge is -2.17. The maximum atomic E-state index is 5.72. The molecule has 1 saturated heterocycles. The third-order valence-corrected chi connectivity index (χ3v) is 2.87. The van der Waals surface area contributed by atoms with Crippen LogP contribution in [0.2, 0.25) is 0 Å². The van der Waals surface area contributed by atoms with Crippen molar-refractivity contribution in [3.8, 4) is 0 Å². The van der Waals surface area contributed by atoms with Gasteiger partial charge in [-0.05, 0) is 20.8 Å². The normalized spacial score (nSPS) is 23.2. The molecule has 1 aliphatic rings. The van der Waals surface area contributed by atoms with Crippen molar-refractivity contribution in [2.45, 2.75) is 39.2 Å². The predicted octanol–water partition coefficient (Wildman–Crippen LogP) is 0.970. The summed E-state index contributed by atoms with van der Waals surface area (Å²) in [5.74, 6) is -0.434. The van der Waals surface area contributed by atoms with Crippen LogP contribution in [0.4, 0.5) is 0 Å². The quantitative estimate of drug-likeness (QED) is 0.850. The summed E-state index contributed by atoms with van der Waals surface area (Å²) < 4.78 is 13.1. The van der Waals surface area contributed by atoms with Gasteiger partial charge < -0.3 is 14.8 Å². The molecule has 1 N–H and O–H groups in total. The molecule has 0 bridgehead atoms. The molecule has 1 aromatic heterocycles. The molecule has 1 aromatic rings. The van der Waals surface area contributed by atoms with Gasteiger partial charge in [0.15, 0.2) is 5.79 Å². The van der Waals surface area contributed by atoms with Crippen LogP contribution in [0.3, 0.4) is 0 Å². The van der Waals surface area contributed by atoms with Crippen LogP contribution < -0.4 is 5.32 Å². The Morgan fingerprint density at radius 1 is 1.59 bits per heavy atom. The van der Waals surface area contributed by atoms with Crippen LogP contribution in [0.15, 0.2) is 6.20 Å². The first-order valence-corrected chi connectivity index (χ1v) is 5.98. The lowest BCUT2D eigenvalue weighted by Crippen LogP contribution is -2.30. The molecule has 0 amide bonds. The number of aryl methyl sites for hydroxylation is 2. The molecule has 17 heavy (non-hydrogen) atoms. The first kappa shape index (κ1) is 12.5. The smallest absolute Gasteiger partial charge is 0.163 e. The Labute approximate surface area is 102 Å². The first-order valence-electron chi connectivity index (χ1n) is 5.98. The van der Waals surface area contributed by atoms with E-state index in [1.54, 1.807) is 0 Å². The molecule has 1 aliphatic heterocycles. The second-order valence-corrected chi connectivity index (χ2v) is 5.00. The lowest BCUT2D eigenvalue weighted by atomic mass is 10.2. The van der Waals surface area contributed by atoms with E-state index in [4.69, 9.17) is 9.47 Å². The summed E-state index contributed by atoms with van der Waals surface area (Å²) in [4.78, 5) is 0. The van der Waals surface area contributed by atoms with Crippen LogP contribution in [0.5, 0.6) is 0 Å². The van der Waals surface area contributed by atoms with Crippen molar-refractivity contribution >= 4 is 0 Å². The molecule has 0 aliphatic carbocycles. The standard InChI is InChI=1S/C12H21N3O2/c1-9-10(7-15(4)14-9)5-13-6-11-8-16-12(2,3)17-11/h7,11,13H,5-6,8H2,1-4H3. The van der Waals surface area contributed by atoms with Crippen molar-refractivity contribution in [1.29, 1.82) is 0 Å². The minimum Gasteiger partial charge on any atom is -0.348 e. The Morgan fingerprint density at radius 2 is 2.35 bits per heavy atom. The number of rotatable bonds is 4. The van der Waals surface area contributed by atoms with Gasteiger partial charge in [-0.1, -0.05) is 0 Å². The summed E-state index contributed by atoms with van der Waals surface area (Å²) in [6, 6.07) is 0. The summed E-state index contributed by atoms with van der Waals surface area (Å²) >= 11 is 0. The second-order valence-electron chi connectivity index (χ2n) is 5.00. The van der Waals surface area contributed by atoms with Crippen LogP contribution >= 0.6 is 0 Å². The maximum Gasteiger partial charge on any atom is 0.163 e. The molecule has 1 fully saturated rings. The van der Waals surface area contributed by atoms with E-state index in [9.17, 15) is 0 Å². The lowest BCUT2D eigenvalue weighted by molar-refractivity contribution is -0.137. The fraction of sp³-hybridized carbons (Fsp3) is 0.750. The molecule has 5 nitrogen and oxygen atoms in total. The highest BCUT2D eigenvalue weighted by atomic mass is 16.7. The van der Waals surface area contributed by atoms with Crippen LogP contribution in [-0.2, 0) is 23.1 Å². The number of aromatic nitrogens is 2. The first-order chi connectivity index (χ1) is 7.96. The van der Waals surface area contributed by atoms with Gasteiger partial charge in [-0.15, -0.1) is 0 Å². The van der Waals surface area contributed by atoms with Crippen molar-refractivity contribution in [2.75, 3.05) is 13.2 Å². The summed E-state index contributed by atoms with van der Waals surface area (Å²) in [5, 5.41) is 7.68. The third-order valence-electron chi connectivity index (χ3n) is 2.87. The maximum absolute atomic E-state index is 5.72. The van der Waals surface area contributed by atoms with Crippen LogP contribution in [0, 0.1) is 6.92 Å². The Balaban J connectivity index is 1.75. The molecule has 0 radical (unpaired) electrons. The van der Waals surface area contributed by atoms with E-state index in [1.807, 2.05) is 38.7 Å². The summed E-state index contributed by atoms with van der Waals surface area (Å²) in [5.41, 5.74) is 2.30. The molecule has 0 aromatic carbocycles. The number of nitrogens with one attached hydrogen (secondary N) is 1. The van der Waals surface area contributed by atoms with Gasteiger partial charge in [0.25, 0.3) is 0 Å². The van der Waals surface area contributed by atoms with Crippen molar-refractivity contribution in [3.05, 3.63) is 17.5 Å². The topological polar surface area (TPSA) is 48.3 Å². The van der Waals surface area contributed by atoms with E-state index < -0.39 is 5.79 Å².